The van der Waals surface area contributed by atoms with E-state index in [4.69, 9.17) is 27.9 Å². The summed E-state index contributed by atoms with van der Waals surface area (Å²) in [4.78, 5) is 0. The first kappa shape index (κ1) is 17.3. The molecule has 1 aromatic rings. The summed E-state index contributed by atoms with van der Waals surface area (Å²) in [5, 5.41) is 3.33. The largest absolute Gasteiger partial charge is 0.493 e. The molecule has 0 amide bonds. The van der Waals surface area contributed by atoms with Crippen molar-refractivity contribution in [2.75, 3.05) is 11.9 Å². The molecule has 0 bridgehead atoms. The minimum atomic E-state index is 0.348. The Balaban J connectivity index is 2.40. The van der Waals surface area contributed by atoms with E-state index in [1.165, 1.54) is 5.56 Å². The van der Waals surface area contributed by atoms with E-state index in [9.17, 15) is 0 Å². The number of allylic oxidation sites excluding steroid dienone is 3. The predicted octanol–water partition coefficient (Wildman–Crippen LogP) is 5.56. The highest BCUT2D eigenvalue weighted by atomic mass is 79.9. The van der Waals surface area contributed by atoms with E-state index < -0.39 is 0 Å². The third-order valence-electron chi connectivity index (χ3n) is 3.44. The summed E-state index contributed by atoms with van der Waals surface area (Å²) >= 11 is 16.0. The summed E-state index contributed by atoms with van der Waals surface area (Å²) in [6.07, 6.45) is 5.69. The highest BCUT2D eigenvalue weighted by Crippen LogP contribution is 2.36. The molecule has 2 unspecified atom stereocenters. The average Bonchev–Trinajstić information content (AvgIpc) is 2.45. The summed E-state index contributed by atoms with van der Waals surface area (Å²) in [5.41, 5.74) is 2.24. The number of alkyl halides is 1. The van der Waals surface area contributed by atoms with Gasteiger partial charge in [-0.25, -0.2) is 0 Å². The SMILES string of the molecule is CC1C/C=C(Cl)/C=C(/Cl)c2cc(P)c(OCCCBr)cc21. The van der Waals surface area contributed by atoms with Crippen LogP contribution in [0.5, 0.6) is 5.75 Å². The van der Waals surface area contributed by atoms with Crippen LogP contribution in [0.2, 0.25) is 0 Å². The van der Waals surface area contributed by atoms with E-state index >= 15 is 0 Å². The molecule has 2 atom stereocenters. The van der Waals surface area contributed by atoms with Gasteiger partial charge in [0.1, 0.15) is 5.75 Å². The number of hydrogen-bond acceptors (Lipinski definition) is 1. The van der Waals surface area contributed by atoms with Crippen LogP contribution < -0.4 is 10.0 Å². The molecule has 0 N–H and O–H groups in total. The lowest BCUT2D eigenvalue weighted by atomic mass is 9.91. The van der Waals surface area contributed by atoms with Gasteiger partial charge in [0, 0.05) is 20.7 Å². The van der Waals surface area contributed by atoms with Gasteiger partial charge >= 0.3 is 0 Å². The van der Waals surface area contributed by atoms with Crippen LogP contribution in [0.15, 0.2) is 29.3 Å². The van der Waals surface area contributed by atoms with Crippen molar-refractivity contribution in [1.29, 1.82) is 0 Å². The summed E-state index contributed by atoms with van der Waals surface area (Å²) in [6.45, 7) is 2.88. The second-order valence-corrected chi connectivity index (χ2v) is 7.34. The molecule has 0 saturated heterocycles. The quantitative estimate of drug-likeness (QED) is 0.360. The molecule has 1 aliphatic rings. The Morgan fingerprint density at radius 1 is 1.38 bits per heavy atom. The second-order valence-electron chi connectivity index (χ2n) is 5.09. The fourth-order valence-corrected chi connectivity index (χ4v) is 3.36. The average molecular weight is 408 g/mol. The highest BCUT2D eigenvalue weighted by molar-refractivity contribution is 9.09. The van der Waals surface area contributed by atoms with Gasteiger partial charge in [-0.2, -0.15) is 0 Å². The van der Waals surface area contributed by atoms with E-state index in [2.05, 4.69) is 44.2 Å². The monoisotopic (exact) mass is 406 g/mol. The van der Waals surface area contributed by atoms with Crippen molar-refractivity contribution in [2.24, 2.45) is 0 Å². The first-order valence-corrected chi connectivity index (χ1v) is 9.33. The summed E-state index contributed by atoms with van der Waals surface area (Å²) in [6, 6.07) is 4.17. The number of rotatable bonds is 4. The zero-order valence-corrected chi connectivity index (χ0v) is 16.1. The Morgan fingerprint density at radius 3 is 2.86 bits per heavy atom. The van der Waals surface area contributed by atoms with Gasteiger partial charge in [-0.3, -0.25) is 0 Å². The summed E-state index contributed by atoms with van der Waals surface area (Å²) < 4.78 is 5.87. The smallest absolute Gasteiger partial charge is 0.126 e. The number of halogens is 3. The maximum absolute atomic E-state index is 6.41. The van der Waals surface area contributed by atoms with Crippen LogP contribution >= 0.6 is 48.4 Å². The molecule has 1 aliphatic carbocycles. The normalized spacial score (nSPS) is 23.2. The van der Waals surface area contributed by atoms with Crippen molar-refractivity contribution in [2.45, 2.75) is 25.7 Å². The second kappa shape index (κ2) is 8.02. The molecule has 0 aromatic heterocycles. The molecule has 5 heteroatoms. The zero-order valence-electron chi connectivity index (χ0n) is 11.8. The van der Waals surface area contributed by atoms with Crippen LogP contribution in [0.3, 0.4) is 0 Å². The molecular formula is C16H18BrCl2OP. The third kappa shape index (κ3) is 4.48. The molecule has 0 aliphatic heterocycles. The number of ether oxygens (including phenoxy) is 1. The van der Waals surface area contributed by atoms with Crippen molar-refractivity contribution in [3.63, 3.8) is 0 Å². The lowest BCUT2D eigenvalue weighted by molar-refractivity contribution is 0.321. The lowest BCUT2D eigenvalue weighted by Crippen LogP contribution is -2.09. The maximum Gasteiger partial charge on any atom is 0.126 e. The van der Waals surface area contributed by atoms with Gasteiger partial charge in [0.15, 0.2) is 0 Å². The van der Waals surface area contributed by atoms with Crippen molar-refractivity contribution in [3.8, 4) is 5.75 Å². The van der Waals surface area contributed by atoms with Crippen LogP contribution in [0.1, 0.15) is 36.8 Å². The minimum absolute atomic E-state index is 0.348. The maximum atomic E-state index is 6.41. The molecule has 0 heterocycles. The molecule has 0 saturated carbocycles. The Hall–Kier alpha value is -0.0100. The van der Waals surface area contributed by atoms with Gasteiger partial charge in [-0.1, -0.05) is 52.1 Å². The number of benzene rings is 1. The molecule has 114 valence electrons. The van der Waals surface area contributed by atoms with E-state index in [0.717, 1.165) is 34.8 Å². The van der Waals surface area contributed by atoms with E-state index in [1.54, 1.807) is 0 Å². The first-order valence-electron chi connectivity index (χ1n) is 6.88. The molecule has 0 spiro atoms. The van der Waals surface area contributed by atoms with Crippen LogP contribution in [0.4, 0.5) is 0 Å². The summed E-state index contributed by atoms with van der Waals surface area (Å²) in [7, 11) is 2.72. The Kier molecular flexibility index (Phi) is 6.62. The minimum Gasteiger partial charge on any atom is -0.493 e. The van der Waals surface area contributed by atoms with Gasteiger partial charge in [0.25, 0.3) is 0 Å². The molecule has 0 radical (unpaired) electrons. The van der Waals surface area contributed by atoms with Crippen molar-refractivity contribution < 1.29 is 4.74 Å². The zero-order chi connectivity index (χ0) is 15.4. The van der Waals surface area contributed by atoms with Crippen molar-refractivity contribution >= 4 is 58.7 Å². The molecule has 0 fully saturated rings. The molecule has 2 rings (SSSR count). The number of hydrogen-bond donors (Lipinski definition) is 0. The van der Waals surface area contributed by atoms with Crippen LogP contribution in [0, 0.1) is 0 Å². The van der Waals surface area contributed by atoms with Gasteiger partial charge in [-0.05, 0) is 48.1 Å². The Labute approximate surface area is 147 Å². The fourth-order valence-electron chi connectivity index (χ4n) is 2.26. The topological polar surface area (TPSA) is 9.23 Å². The Morgan fingerprint density at radius 2 is 2.14 bits per heavy atom. The van der Waals surface area contributed by atoms with E-state index in [-0.39, 0.29) is 0 Å². The number of fused-ring (bicyclic) bond motifs is 1. The third-order valence-corrected chi connectivity index (χ3v) is 5.02. The van der Waals surface area contributed by atoms with Crippen LogP contribution in [-0.4, -0.2) is 11.9 Å². The van der Waals surface area contributed by atoms with Gasteiger partial charge in [-0.15, -0.1) is 9.24 Å². The van der Waals surface area contributed by atoms with Gasteiger partial charge < -0.3 is 4.74 Å². The van der Waals surface area contributed by atoms with Gasteiger partial charge in [0.05, 0.1) is 6.61 Å². The molecular weight excluding hydrogens is 390 g/mol. The van der Waals surface area contributed by atoms with Crippen molar-refractivity contribution in [1.82, 2.24) is 0 Å². The first-order chi connectivity index (χ1) is 10.0. The van der Waals surface area contributed by atoms with Crippen molar-refractivity contribution in [3.05, 3.63) is 40.4 Å². The Bertz CT molecular complexity index is 584. The van der Waals surface area contributed by atoms with Crippen LogP contribution in [0.25, 0.3) is 5.03 Å². The molecule has 1 aromatic carbocycles. The van der Waals surface area contributed by atoms with Crippen LogP contribution in [-0.2, 0) is 0 Å². The highest BCUT2D eigenvalue weighted by Gasteiger charge is 2.17. The standard InChI is InChI=1S/C16H18BrCl2OP/c1-10-3-4-11(18)7-14(19)13-9-16(21)15(8-12(10)13)20-6-2-5-17/h4,7-10H,2-3,5-6,21H2,1H3/b11-4-,14-7+. The van der Waals surface area contributed by atoms with E-state index in [1.807, 2.05) is 12.2 Å². The molecule has 1 nitrogen and oxygen atoms in total. The predicted molar refractivity (Wildman–Crippen MR) is 100 cm³/mol. The lowest BCUT2D eigenvalue weighted by Gasteiger charge is -2.20. The fraction of sp³-hybridized carbons (Fsp3) is 0.375. The van der Waals surface area contributed by atoms with Gasteiger partial charge in [0.2, 0.25) is 0 Å². The molecule has 21 heavy (non-hydrogen) atoms. The summed E-state index contributed by atoms with van der Waals surface area (Å²) in [5.74, 6) is 1.26. The van der Waals surface area contributed by atoms with E-state index in [0.29, 0.717) is 22.6 Å².